The van der Waals surface area contributed by atoms with Gasteiger partial charge in [0.05, 0.1) is 17.1 Å². The van der Waals surface area contributed by atoms with Gasteiger partial charge < -0.3 is 21.7 Å². The van der Waals surface area contributed by atoms with Crippen LogP contribution in [-0.4, -0.2) is 42.3 Å². The summed E-state index contributed by atoms with van der Waals surface area (Å²) in [5.74, 6) is -2.10. The van der Waals surface area contributed by atoms with Crippen LogP contribution in [-0.2, 0) is 20.8 Å². The Bertz CT molecular complexity index is 981. The van der Waals surface area contributed by atoms with Gasteiger partial charge in [0.15, 0.2) is 0 Å². The molecule has 2 atom stereocenters. The van der Waals surface area contributed by atoms with Crippen LogP contribution in [0.3, 0.4) is 0 Å². The smallest absolute Gasteiger partial charge is 0.253 e. The van der Waals surface area contributed by atoms with E-state index in [1.54, 1.807) is 24.3 Å². The standard InChI is InChI=1S/C24H29ClN4O4/c1-15(2)12-19(22(26)31)28-21(30)14-27-24(33)20(13-16-8-4-3-5-9-16)29-23(32)17-10-6-7-11-18(17)25/h3-11,15,19-20H,12-14H2,1-2H3,(H2,26,31)(H,27,33)(H,28,30)(H,29,32)/t19-,20-/m0/s1. The summed E-state index contributed by atoms with van der Waals surface area (Å²) in [6.45, 7) is 3.44. The molecule has 0 spiro atoms. The number of benzene rings is 2. The van der Waals surface area contributed by atoms with Crippen LogP contribution in [0.15, 0.2) is 54.6 Å². The Balaban J connectivity index is 2.06. The number of hydrogen-bond acceptors (Lipinski definition) is 4. The van der Waals surface area contributed by atoms with Crippen molar-refractivity contribution < 1.29 is 19.2 Å². The van der Waals surface area contributed by atoms with Crippen molar-refractivity contribution in [1.82, 2.24) is 16.0 Å². The van der Waals surface area contributed by atoms with Crippen LogP contribution in [0.25, 0.3) is 0 Å². The van der Waals surface area contributed by atoms with Crippen LogP contribution >= 0.6 is 11.6 Å². The van der Waals surface area contributed by atoms with Crippen LogP contribution in [0, 0.1) is 5.92 Å². The molecule has 0 saturated heterocycles. The molecule has 0 bridgehead atoms. The Labute approximate surface area is 198 Å². The maximum atomic E-state index is 12.9. The van der Waals surface area contributed by atoms with Crippen molar-refractivity contribution >= 4 is 35.2 Å². The van der Waals surface area contributed by atoms with Gasteiger partial charge >= 0.3 is 0 Å². The lowest BCUT2D eigenvalue weighted by atomic mass is 10.0. The monoisotopic (exact) mass is 472 g/mol. The highest BCUT2D eigenvalue weighted by Crippen LogP contribution is 2.15. The molecule has 0 aliphatic carbocycles. The molecule has 2 aromatic carbocycles. The maximum absolute atomic E-state index is 12.9. The fourth-order valence-corrected chi connectivity index (χ4v) is 3.42. The molecular formula is C24H29ClN4O4. The first-order valence-electron chi connectivity index (χ1n) is 10.6. The minimum atomic E-state index is -0.952. The normalized spacial score (nSPS) is 12.5. The lowest BCUT2D eigenvalue weighted by Gasteiger charge is -2.20. The molecule has 176 valence electrons. The lowest BCUT2D eigenvalue weighted by Crippen LogP contribution is -2.52. The zero-order valence-electron chi connectivity index (χ0n) is 18.6. The summed E-state index contributed by atoms with van der Waals surface area (Å²) in [7, 11) is 0. The quantitative estimate of drug-likeness (QED) is 0.397. The van der Waals surface area contributed by atoms with Gasteiger partial charge in [-0.1, -0.05) is 67.9 Å². The number of carbonyl (C=O) groups is 4. The Kier molecular flexibility index (Phi) is 9.87. The second kappa shape index (κ2) is 12.6. The highest BCUT2D eigenvalue weighted by atomic mass is 35.5. The Morgan fingerprint density at radius 1 is 0.909 bits per heavy atom. The molecule has 5 N–H and O–H groups in total. The third kappa shape index (κ3) is 8.57. The number of primary amides is 1. The summed E-state index contributed by atoms with van der Waals surface area (Å²) in [4.78, 5) is 49.4. The predicted octanol–water partition coefficient (Wildman–Crippen LogP) is 1.81. The fourth-order valence-electron chi connectivity index (χ4n) is 3.19. The van der Waals surface area contributed by atoms with Gasteiger partial charge in [0.2, 0.25) is 17.7 Å². The van der Waals surface area contributed by atoms with Crippen LogP contribution < -0.4 is 21.7 Å². The minimum Gasteiger partial charge on any atom is -0.368 e. The zero-order valence-corrected chi connectivity index (χ0v) is 19.4. The summed E-state index contributed by atoms with van der Waals surface area (Å²) in [6, 6.07) is 13.9. The summed E-state index contributed by atoms with van der Waals surface area (Å²) in [5.41, 5.74) is 6.41. The molecule has 0 aromatic heterocycles. The summed E-state index contributed by atoms with van der Waals surface area (Å²) in [6.07, 6.45) is 0.599. The van der Waals surface area contributed by atoms with Gasteiger partial charge in [0, 0.05) is 6.42 Å². The molecule has 0 unspecified atom stereocenters. The summed E-state index contributed by atoms with van der Waals surface area (Å²) >= 11 is 6.10. The molecule has 0 fully saturated rings. The van der Waals surface area contributed by atoms with Gasteiger partial charge in [-0.2, -0.15) is 0 Å². The average molecular weight is 473 g/mol. The van der Waals surface area contributed by atoms with E-state index < -0.39 is 35.7 Å². The number of carbonyl (C=O) groups excluding carboxylic acids is 4. The molecule has 4 amide bonds. The van der Waals surface area contributed by atoms with E-state index in [9.17, 15) is 19.2 Å². The SMILES string of the molecule is CC(C)C[C@H](NC(=O)CNC(=O)[C@H](Cc1ccccc1)NC(=O)c1ccccc1Cl)C(N)=O. The summed E-state index contributed by atoms with van der Waals surface area (Å²) in [5, 5.41) is 8.00. The van der Waals surface area contributed by atoms with Crippen molar-refractivity contribution in [2.45, 2.75) is 38.8 Å². The predicted molar refractivity (Wildman–Crippen MR) is 126 cm³/mol. The topological polar surface area (TPSA) is 130 Å². The van der Waals surface area contributed by atoms with E-state index in [4.69, 9.17) is 17.3 Å². The van der Waals surface area contributed by atoms with E-state index >= 15 is 0 Å². The molecule has 0 heterocycles. The first-order chi connectivity index (χ1) is 15.7. The van der Waals surface area contributed by atoms with Crippen LogP contribution in [0.5, 0.6) is 0 Å². The van der Waals surface area contributed by atoms with Crippen LogP contribution in [0.4, 0.5) is 0 Å². The molecular weight excluding hydrogens is 444 g/mol. The van der Waals surface area contributed by atoms with Gasteiger partial charge in [-0.25, -0.2) is 0 Å². The van der Waals surface area contributed by atoms with Gasteiger partial charge in [0.1, 0.15) is 12.1 Å². The second-order valence-corrected chi connectivity index (χ2v) is 8.47. The molecule has 0 saturated carbocycles. The van der Waals surface area contributed by atoms with Gasteiger partial charge in [-0.3, -0.25) is 19.2 Å². The van der Waals surface area contributed by atoms with E-state index in [0.717, 1.165) is 5.56 Å². The summed E-state index contributed by atoms with van der Waals surface area (Å²) < 4.78 is 0. The van der Waals surface area contributed by atoms with Crippen molar-refractivity contribution in [1.29, 1.82) is 0 Å². The average Bonchev–Trinajstić information content (AvgIpc) is 2.77. The highest BCUT2D eigenvalue weighted by molar-refractivity contribution is 6.33. The molecule has 0 aliphatic heterocycles. The van der Waals surface area contributed by atoms with Crippen molar-refractivity contribution in [3.63, 3.8) is 0 Å². The first-order valence-corrected chi connectivity index (χ1v) is 11.0. The number of nitrogens with two attached hydrogens (primary N) is 1. The number of halogens is 1. The highest BCUT2D eigenvalue weighted by Gasteiger charge is 2.24. The number of nitrogens with one attached hydrogen (secondary N) is 3. The van der Waals surface area contributed by atoms with E-state index in [-0.39, 0.29) is 29.5 Å². The molecule has 8 nitrogen and oxygen atoms in total. The van der Waals surface area contributed by atoms with Gasteiger partial charge in [-0.05, 0) is 30.0 Å². The molecule has 9 heteroatoms. The largest absolute Gasteiger partial charge is 0.368 e. The van der Waals surface area contributed by atoms with E-state index in [0.29, 0.717) is 6.42 Å². The van der Waals surface area contributed by atoms with Crippen molar-refractivity contribution in [2.24, 2.45) is 11.7 Å². The zero-order chi connectivity index (χ0) is 24.4. The first kappa shape index (κ1) is 25.9. The Morgan fingerprint density at radius 3 is 2.15 bits per heavy atom. The van der Waals surface area contributed by atoms with Gasteiger partial charge in [0.25, 0.3) is 5.91 Å². The fraction of sp³-hybridized carbons (Fsp3) is 0.333. The molecule has 0 radical (unpaired) electrons. The van der Waals surface area contributed by atoms with Crippen molar-refractivity contribution in [2.75, 3.05) is 6.54 Å². The number of hydrogen-bond donors (Lipinski definition) is 4. The molecule has 2 aromatic rings. The molecule has 0 aliphatic rings. The van der Waals surface area contributed by atoms with E-state index in [1.165, 1.54) is 0 Å². The van der Waals surface area contributed by atoms with Crippen LogP contribution in [0.2, 0.25) is 5.02 Å². The lowest BCUT2D eigenvalue weighted by molar-refractivity contribution is -0.129. The Hall–Kier alpha value is -3.39. The van der Waals surface area contributed by atoms with Crippen molar-refractivity contribution in [3.8, 4) is 0 Å². The number of rotatable bonds is 11. The second-order valence-electron chi connectivity index (χ2n) is 8.07. The molecule has 2 rings (SSSR count). The third-order valence-corrected chi connectivity index (χ3v) is 5.16. The van der Waals surface area contributed by atoms with Crippen LogP contribution in [0.1, 0.15) is 36.2 Å². The third-order valence-electron chi connectivity index (χ3n) is 4.83. The number of amides is 4. The molecule has 33 heavy (non-hydrogen) atoms. The van der Waals surface area contributed by atoms with Gasteiger partial charge in [-0.15, -0.1) is 0 Å². The maximum Gasteiger partial charge on any atom is 0.253 e. The Morgan fingerprint density at radius 2 is 1.55 bits per heavy atom. The van der Waals surface area contributed by atoms with E-state index in [1.807, 2.05) is 44.2 Å². The minimum absolute atomic E-state index is 0.146. The van der Waals surface area contributed by atoms with E-state index in [2.05, 4.69) is 16.0 Å². The van der Waals surface area contributed by atoms with Crippen molar-refractivity contribution in [3.05, 3.63) is 70.7 Å².